The predicted molar refractivity (Wildman–Crippen MR) is 69.0 cm³/mol. The number of hydrogen-bond donors (Lipinski definition) is 1. The van der Waals surface area contributed by atoms with Crippen molar-refractivity contribution in [2.24, 2.45) is 23.2 Å². The molecule has 0 radical (unpaired) electrons. The Kier molecular flexibility index (Phi) is 3.47. The number of carboxylic acid groups (broad SMARTS) is 1. The van der Waals surface area contributed by atoms with Crippen molar-refractivity contribution < 1.29 is 18.3 Å². The van der Waals surface area contributed by atoms with Gasteiger partial charge in [0.2, 0.25) is 0 Å². The summed E-state index contributed by atoms with van der Waals surface area (Å²) < 4.78 is 23.4. The molecule has 0 aromatic carbocycles. The molecule has 1 N–H and O–H groups in total. The van der Waals surface area contributed by atoms with Crippen LogP contribution in [0.4, 0.5) is 0 Å². The minimum Gasteiger partial charge on any atom is -0.481 e. The number of carbonyl (C=O) groups is 1. The molecule has 0 aromatic heterocycles. The molecule has 1 aliphatic carbocycles. The van der Waals surface area contributed by atoms with Crippen molar-refractivity contribution in [2.75, 3.05) is 11.5 Å². The van der Waals surface area contributed by atoms with Crippen LogP contribution in [0.5, 0.6) is 0 Å². The first-order valence-corrected chi connectivity index (χ1v) is 8.51. The van der Waals surface area contributed by atoms with E-state index in [1.165, 1.54) is 0 Å². The fourth-order valence-electron chi connectivity index (χ4n) is 3.94. The molecule has 0 amide bonds. The number of rotatable bonds is 2. The van der Waals surface area contributed by atoms with Gasteiger partial charge in [-0.2, -0.15) is 0 Å². The predicted octanol–water partition coefficient (Wildman–Crippen LogP) is 1.95. The summed E-state index contributed by atoms with van der Waals surface area (Å²) in [7, 11) is -3.16. The van der Waals surface area contributed by atoms with E-state index in [-0.39, 0.29) is 17.4 Å². The first kappa shape index (κ1) is 13.8. The zero-order valence-electron chi connectivity index (χ0n) is 11.1. The van der Waals surface area contributed by atoms with Crippen molar-refractivity contribution in [3.63, 3.8) is 0 Å². The van der Waals surface area contributed by atoms with Gasteiger partial charge < -0.3 is 5.11 Å². The molecule has 0 aromatic rings. The highest BCUT2D eigenvalue weighted by atomic mass is 32.2. The van der Waals surface area contributed by atoms with Crippen LogP contribution in [0.1, 0.15) is 39.5 Å². The van der Waals surface area contributed by atoms with E-state index in [0.717, 1.165) is 19.3 Å². The van der Waals surface area contributed by atoms with Gasteiger partial charge in [0, 0.05) is 0 Å². The van der Waals surface area contributed by atoms with E-state index in [1.807, 2.05) is 0 Å². The number of carboxylic acids is 1. The van der Waals surface area contributed by atoms with Crippen LogP contribution in [0.15, 0.2) is 0 Å². The van der Waals surface area contributed by atoms with Gasteiger partial charge in [-0.1, -0.05) is 13.8 Å². The molecule has 3 unspecified atom stereocenters. The number of sulfone groups is 1. The monoisotopic (exact) mass is 274 g/mol. The maximum Gasteiger partial charge on any atom is 0.310 e. The fraction of sp³-hybridized carbons (Fsp3) is 0.923. The van der Waals surface area contributed by atoms with Crippen molar-refractivity contribution in [3.8, 4) is 0 Å². The Bertz CT molecular complexity index is 432. The molecule has 0 spiro atoms. The van der Waals surface area contributed by atoms with Crippen LogP contribution >= 0.6 is 0 Å². The molecule has 2 aliphatic rings. The maximum atomic E-state index is 11.7. The highest BCUT2D eigenvalue weighted by Crippen LogP contribution is 2.48. The van der Waals surface area contributed by atoms with Crippen molar-refractivity contribution >= 4 is 15.8 Å². The quantitative estimate of drug-likeness (QED) is 0.835. The maximum absolute atomic E-state index is 11.7. The molecule has 2 fully saturated rings. The smallest absolute Gasteiger partial charge is 0.310 e. The lowest BCUT2D eigenvalue weighted by Gasteiger charge is -2.40. The molecule has 104 valence electrons. The van der Waals surface area contributed by atoms with E-state index in [4.69, 9.17) is 0 Å². The van der Waals surface area contributed by atoms with Gasteiger partial charge in [-0.15, -0.1) is 0 Å². The zero-order chi connectivity index (χ0) is 13.6. The van der Waals surface area contributed by atoms with E-state index in [0.29, 0.717) is 18.3 Å². The SMILES string of the molecule is CC1CC(C)CC(C2(C(=O)O)CCS(=O)(=O)C2)C1. The Morgan fingerprint density at radius 2 is 1.72 bits per heavy atom. The summed E-state index contributed by atoms with van der Waals surface area (Å²) in [6, 6.07) is 0. The molecule has 4 nitrogen and oxygen atoms in total. The third-order valence-corrected chi connectivity index (χ3v) is 6.50. The van der Waals surface area contributed by atoms with E-state index in [9.17, 15) is 18.3 Å². The summed E-state index contributed by atoms with van der Waals surface area (Å²) >= 11 is 0. The van der Waals surface area contributed by atoms with E-state index < -0.39 is 21.2 Å². The normalized spacial score (nSPS) is 43.8. The van der Waals surface area contributed by atoms with Gasteiger partial charge in [-0.3, -0.25) is 4.79 Å². The van der Waals surface area contributed by atoms with Crippen LogP contribution in [-0.2, 0) is 14.6 Å². The van der Waals surface area contributed by atoms with Crippen LogP contribution in [0.2, 0.25) is 0 Å². The molecule has 18 heavy (non-hydrogen) atoms. The summed E-state index contributed by atoms with van der Waals surface area (Å²) in [6.45, 7) is 4.28. The second kappa shape index (κ2) is 4.51. The topological polar surface area (TPSA) is 71.4 Å². The van der Waals surface area contributed by atoms with Gasteiger partial charge in [0.1, 0.15) is 0 Å². The standard InChI is InChI=1S/C13H22O4S/c1-9-5-10(2)7-11(6-9)13(12(14)15)3-4-18(16,17)8-13/h9-11H,3-8H2,1-2H3,(H,14,15). The van der Waals surface area contributed by atoms with Crippen LogP contribution in [-0.4, -0.2) is 31.0 Å². The third-order valence-electron chi connectivity index (χ3n) is 4.72. The van der Waals surface area contributed by atoms with Gasteiger partial charge in [0.25, 0.3) is 0 Å². The lowest BCUT2D eigenvalue weighted by molar-refractivity contribution is -0.152. The molecule has 5 heteroatoms. The fourth-order valence-corrected chi connectivity index (χ4v) is 6.05. The lowest BCUT2D eigenvalue weighted by atomic mass is 9.64. The Morgan fingerprint density at radius 1 is 1.17 bits per heavy atom. The average Bonchev–Trinajstić information content (AvgIpc) is 2.54. The Labute approximate surface area is 109 Å². The van der Waals surface area contributed by atoms with Gasteiger partial charge in [0.15, 0.2) is 9.84 Å². The van der Waals surface area contributed by atoms with E-state index in [1.54, 1.807) is 0 Å². The highest BCUT2D eigenvalue weighted by molar-refractivity contribution is 7.91. The Balaban J connectivity index is 2.29. The molecule has 0 bridgehead atoms. The Morgan fingerprint density at radius 3 is 2.11 bits per heavy atom. The van der Waals surface area contributed by atoms with Crippen molar-refractivity contribution in [2.45, 2.75) is 39.5 Å². The van der Waals surface area contributed by atoms with Crippen LogP contribution in [0.25, 0.3) is 0 Å². The molecule has 1 heterocycles. The summed E-state index contributed by atoms with van der Waals surface area (Å²) in [5.41, 5.74) is -1.01. The van der Waals surface area contributed by atoms with Crippen molar-refractivity contribution in [3.05, 3.63) is 0 Å². The molecule has 1 saturated carbocycles. The molecule has 1 saturated heterocycles. The summed E-state index contributed by atoms with van der Waals surface area (Å²) in [6.07, 6.45) is 3.13. The summed E-state index contributed by atoms with van der Waals surface area (Å²) in [5.74, 6) is -0.00434. The van der Waals surface area contributed by atoms with Gasteiger partial charge in [0.05, 0.1) is 16.9 Å². The van der Waals surface area contributed by atoms with E-state index in [2.05, 4.69) is 13.8 Å². The molecule has 3 atom stereocenters. The van der Waals surface area contributed by atoms with Gasteiger partial charge >= 0.3 is 5.97 Å². The average molecular weight is 274 g/mol. The second-order valence-electron chi connectivity index (χ2n) is 6.42. The largest absolute Gasteiger partial charge is 0.481 e. The van der Waals surface area contributed by atoms with Gasteiger partial charge in [-0.05, 0) is 43.4 Å². The first-order valence-electron chi connectivity index (χ1n) is 6.69. The summed E-state index contributed by atoms with van der Waals surface area (Å²) in [4.78, 5) is 11.7. The third kappa shape index (κ3) is 2.42. The highest BCUT2D eigenvalue weighted by Gasteiger charge is 2.54. The minimum atomic E-state index is -3.16. The zero-order valence-corrected chi connectivity index (χ0v) is 11.9. The van der Waals surface area contributed by atoms with Gasteiger partial charge in [-0.25, -0.2) is 8.42 Å². The molecular formula is C13H22O4S. The van der Waals surface area contributed by atoms with Crippen LogP contribution < -0.4 is 0 Å². The van der Waals surface area contributed by atoms with Crippen molar-refractivity contribution in [1.82, 2.24) is 0 Å². The second-order valence-corrected chi connectivity index (χ2v) is 8.60. The lowest BCUT2D eigenvalue weighted by Crippen LogP contribution is -2.43. The number of hydrogen-bond acceptors (Lipinski definition) is 3. The summed E-state index contributed by atoms with van der Waals surface area (Å²) in [5, 5.41) is 9.56. The van der Waals surface area contributed by atoms with Crippen LogP contribution in [0, 0.1) is 23.2 Å². The Hall–Kier alpha value is -0.580. The van der Waals surface area contributed by atoms with E-state index >= 15 is 0 Å². The minimum absolute atomic E-state index is 0.0195. The molecule has 2 rings (SSSR count). The molecular weight excluding hydrogens is 252 g/mol. The number of aliphatic carboxylic acids is 1. The van der Waals surface area contributed by atoms with Crippen molar-refractivity contribution in [1.29, 1.82) is 0 Å². The molecule has 1 aliphatic heterocycles. The first-order chi connectivity index (χ1) is 8.25. The van der Waals surface area contributed by atoms with Crippen LogP contribution in [0.3, 0.4) is 0 Å².